The summed E-state index contributed by atoms with van der Waals surface area (Å²) in [6, 6.07) is 1.88. The van der Waals surface area contributed by atoms with Gasteiger partial charge in [-0.1, -0.05) is 0 Å². The fourth-order valence-corrected chi connectivity index (χ4v) is 1.62. The minimum absolute atomic E-state index is 0.541. The molecule has 1 aromatic heterocycles. The first-order valence-electron chi connectivity index (χ1n) is 2.93. The van der Waals surface area contributed by atoms with E-state index in [2.05, 4.69) is 0 Å². The molecule has 1 aromatic rings. The number of carbonyl (C=O) groups excluding carboxylic acids is 1. The number of aryl methyl sites for hydroxylation is 1. The summed E-state index contributed by atoms with van der Waals surface area (Å²) in [5.41, 5.74) is 0.976. The SMILES string of the molecule is Cc1ccsc1C(O)C=O. The zero-order valence-electron chi connectivity index (χ0n) is 5.57. The molecule has 0 aliphatic rings. The Hall–Kier alpha value is -0.670. The minimum atomic E-state index is -0.931. The molecule has 1 atom stereocenters. The Balaban J connectivity index is 2.92. The summed E-state index contributed by atoms with van der Waals surface area (Å²) in [5, 5.41) is 10.9. The van der Waals surface area contributed by atoms with Crippen LogP contribution < -0.4 is 0 Å². The molecule has 0 aliphatic carbocycles. The van der Waals surface area contributed by atoms with Gasteiger partial charge in [0.15, 0.2) is 6.29 Å². The molecule has 0 amide bonds. The number of hydrogen-bond acceptors (Lipinski definition) is 3. The van der Waals surface area contributed by atoms with Gasteiger partial charge in [0.05, 0.1) is 0 Å². The van der Waals surface area contributed by atoms with Crippen LogP contribution in [0.4, 0.5) is 0 Å². The van der Waals surface area contributed by atoms with Gasteiger partial charge in [0, 0.05) is 4.88 Å². The molecule has 0 saturated carbocycles. The number of aldehydes is 1. The van der Waals surface area contributed by atoms with Crippen LogP contribution in [0.25, 0.3) is 0 Å². The second-order valence-electron chi connectivity index (χ2n) is 2.05. The summed E-state index contributed by atoms with van der Waals surface area (Å²) < 4.78 is 0. The molecule has 1 N–H and O–H groups in total. The third-order valence-electron chi connectivity index (χ3n) is 1.30. The maximum atomic E-state index is 10.1. The lowest BCUT2D eigenvalue weighted by atomic mass is 10.2. The van der Waals surface area contributed by atoms with Crippen molar-refractivity contribution in [2.45, 2.75) is 13.0 Å². The summed E-state index contributed by atoms with van der Waals surface area (Å²) in [6.07, 6.45) is -0.390. The van der Waals surface area contributed by atoms with Crippen LogP contribution in [0.3, 0.4) is 0 Å². The topological polar surface area (TPSA) is 37.3 Å². The van der Waals surface area contributed by atoms with Crippen molar-refractivity contribution in [2.75, 3.05) is 0 Å². The zero-order chi connectivity index (χ0) is 7.56. The van der Waals surface area contributed by atoms with Crippen molar-refractivity contribution in [1.82, 2.24) is 0 Å². The van der Waals surface area contributed by atoms with Gasteiger partial charge in [0.25, 0.3) is 0 Å². The van der Waals surface area contributed by atoms with Crippen molar-refractivity contribution in [3.05, 3.63) is 21.9 Å². The van der Waals surface area contributed by atoms with Gasteiger partial charge in [0.1, 0.15) is 6.10 Å². The molecule has 0 aromatic carbocycles. The molecule has 0 radical (unpaired) electrons. The van der Waals surface area contributed by atoms with Gasteiger partial charge in [0.2, 0.25) is 0 Å². The van der Waals surface area contributed by atoms with E-state index in [1.165, 1.54) is 11.3 Å². The van der Waals surface area contributed by atoms with Crippen LogP contribution in [0, 0.1) is 6.92 Å². The van der Waals surface area contributed by atoms with E-state index >= 15 is 0 Å². The number of carbonyl (C=O) groups is 1. The highest BCUT2D eigenvalue weighted by Crippen LogP contribution is 2.21. The molecule has 1 heterocycles. The van der Waals surface area contributed by atoms with Crippen molar-refractivity contribution in [2.24, 2.45) is 0 Å². The van der Waals surface area contributed by atoms with Crippen LogP contribution in [-0.4, -0.2) is 11.4 Å². The Kier molecular flexibility index (Phi) is 2.19. The lowest BCUT2D eigenvalue weighted by Crippen LogP contribution is -1.95. The standard InChI is InChI=1S/C7H8O2S/c1-5-2-3-10-7(5)6(9)4-8/h2-4,6,9H,1H3. The van der Waals surface area contributed by atoms with Crippen molar-refractivity contribution in [1.29, 1.82) is 0 Å². The smallest absolute Gasteiger partial charge is 0.153 e. The van der Waals surface area contributed by atoms with E-state index in [0.717, 1.165) is 10.4 Å². The molecule has 0 spiro atoms. The molecule has 1 rings (SSSR count). The first kappa shape index (κ1) is 7.44. The number of hydrogen-bond donors (Lipinski definition) is 1. The molecular formula is C7H8O2S. The lowest BCUT2D eigenvalue weighted by molar-refractivity contribution is -0.114. The third-order valence-corrected chi connectivity index (χ3v) is 2.39. The van der Waals surface area contributed by atoms with E-state index in [4.69, 9.17) is 5.11 Å². The van der Waals surface area contributed by atoms with E-state index in [0.29, 0.717) is 6.29 Å². The summed E-state index contributed by atoms with van der Waals surface area (Å²) in [6.45, 7) is 1.87. The Morgan fingerprint density at radius 3 is 2.90 bits per heavy atom. The van der Waals surface area contributed by atoms with Crippen LogP contribution in [-0.2, 0) is 4.79 Å². The fourth-order valence-electron chi connectivity index (χ4n) is 0.749. The predicted octanol–water partition coefficient (Wildman–Crippen LogP) is 1.29. The van der Waals surface area contributed by atoms with Gasteiger partial charge >= 0.3 is 0 Å². The molecule has 0 fully saturated rings. The molecule has 0 saturated heterocycles. The van der Waals surface area contributed by atoms with Gasteiger partial charge in [-0.05, 0) is 23.9 Å². The molecular weight excluding hydrogens is 148 g/mol. The summed E-state index contributed by atoms with van der Waals surface area (Å²) in [4.78, 5) is 10.9. The average Bonchev–Trinajstić information content (AvgIpc) is 2.34. The van der Waals surface area contributed by atoms with E-state index in [9.17, 15) is 4.79 Å². The van der Waals surface area contributed by atoms with Crippen molar-refractivity contribution in [3.8, 4) is 0 Å². The third kappa shape index (κ3) is 1.25. The maximum Gasteiger partial charge on any atom is 0.153 e. The second-order valence-corrected chi connectivity index (χ2v) is 3.00. The van der Waals surface area contributed by atoms with Crippen molar-refractivity contribution >= 4 is 17.6 Å². The van der Waals surface area contributed by atoms with Crippen LogP contribution in [0.2, 0.25) is 0 Å². The van der Waals surface area contributed by atoms with E-state index < -0.39 is 6.10 Å². The van der Waals surface area contributed by atoms with Gasteiger partial charge in [-0.15, -0.1) is 11.3 Å². The molecule has 3 heteroatoms. The summed E-state index contributed by atoms with van der Waals surface area (Å²) >= 11 is 1.40. The highest BCUT2D eigenvalue weighted by atomic mass is 32.1. The highest BCUT2D eigenvalue weighted by Gasteiger charge is 2.08. The van der Waals surface area contributed by atoms with Crippen molar-refractivity contribution in [3.63, 3.8) is 0 Å². The molecule has 10 heavy (non-hydrogen) atoms. The van der Waals surface area contributed by atoms with Crippen LogP contribution in [0.1, 0.15) is 16.5 Å². The van der Waals surface area contributed by atoms with Gasteiger partial charge in [-0.2, -0.15) is 0 Å². The van der Waals surface area contributed by atoms with Crippen LogP contribution in [0.15, 0.2) is 11.4 Å². The van der Waals surface area contributed by atoms with Gasteiger partial charge in [-0.3, -0.25) is 0 Å². The Morgan fingerprint density at radius 1 is 1.80 bits per heavy atom. The van der Waals surface area contributed by atoms with Crippen molar-refractivity contribution < 1.29 is 9.90 Å². The normalized spacial score (nSPS) is 13.0. The second kappa shape index (κ2) is 2.94. The largest absolute Gasteiger partial charge is 0.380 e. The van der Waals surface area contributed by atoms with E-state index in [-0.39, 0.29) is 0 Å². The zero-order valence-corrected chi connectivity index (χ0v) is 6.39. The highest BCUT2D eigenvalue weighted by molar-refractivity contribution is 7.10. The molecule has 0 bridgehead atoms. The Labute approximate surface area is 63.1 Å². The van der Waals surface area contributed by atoms with Gasteiger partial charge in [-0.25, -0.2) is 0 Å². The first-order valence-corrected chi connectivity index (χ1v) is 3.81. The first-order chi connectivity index (χ1) is 4.75. The van der Waals surface area contributed by atoms with Crippen LogP contribution >= 0.6 is 11.3 Å². The van der Waals surface area contributed by atoms with E-state index in [1.54, 1.807) is 0 Å². The molecule has 1 unspecified atom stereocenters. The number of aliphatic hydroxyl groups excluding tert-OH is 1. The fraction of sp³-hybridized carbons (Fsp3) is 0.286. The van der Waals surface area contributed by atoms with Gasteiger partial charge < -0.3 is 9.90 Å². The minimum Gasteiger partial charge on any atom is -0.380 e. The summed E-state index contributed by atoms with van der Waals surface area (Å²) in [7, 11) is 0. The Morgan fingerprint density at radius 2 is 2.50 bits per heavy atom. The molecule has 2 nitrogen and oxygen atoms in total. The average molecular weight is 156 g/mol. The lowest BCUT2D eigenvalue weighted by Gasteiger charge is -1.98. The molecule has 0 aliphatic heterocycles. The maximum absolute atomic E-state index is 10.1. The molecule has 54 valence electrons. The summed E-state index contributed by atoms with van der Waals surface area (Å²) in [5.74, 6) is 0. The number of thiophene rings is 1. The van der Waals surface area contributed by atoms with E-state index in [1.807, 2.05) is 18.4 Å². The monoisotopic (exact) mass is 156 g/mol. The predicted molar refractivity (Wildman–Crippen MR) is 40.1 cm³/mol. The number of rotatable bonds is 2. The number of aliphatic hydroxyl groups is 1. The van der Waals surface area contributed by atoms with Crippen LogP contribution in [0.5, 0.6) is 0 Å². The Bertz CT molecular complexity index is 229. The quantitative estimate of drug-likeness (QED) is 0.655.